The number of Topliss-reactive ketones (excluding diaryl/α,β-unsaturated/α-hetero) is 3. The van der Waals surface area contributed by atoms with Crippen molar-refractivity contribution in [3.8, 4) is 0 Å². The number of fused-ring (bicyclic) bond motifs is 3. The molecule has 9 nitrogen and oxygen atoms in total. The number of amides is 2. The normalized spacial score (nSPS) is 14.6. The number of unbranched alkanes of at least 4 members (excludes halogenated alkanes) is 2. The first kappa shape index (κ1) is 33.1. The van der Waals surface area contributed by atoms with Crippen molar-refractivity contribution >= 4 is 62.3 Å². The number of nitrogens with zero attached hydrogens (tertiary/aromatic N) is 2. The Hall–Kier alpha value is -4.76. The van der Waals surface area contributed by atoms with E-state index in [0.717, 1.165) is 65.4 Å². The molecule has 0 atom stereocenters. The number of nitrogens with one attached hydrogen (secondary N) is 1. The predicted octanol–water partition coefficient (Wildman–Crippen LogP) is 6.41. The molecule has 3 N–H and O–H groups in total. The van der Waals surface area contributed by atoms with Crippen molar-refractivity contribution in [3.63, 3.8) is 0 Å². The first-order valence-corrected chi connectivity index (χ1v) is 15.6. The SMILES string of the molecule is CCCCN.CCCCN1C(=O)c2c3ccccc3nc3cccc1c23.O=C1CCCC(=O)C1.O=C1Nc2ccccc2C1=O. The highest BCUT2D eigenvalue weighted by atomic mass is 16.2. The number of carbonyl (C=O) groups excluding carboxylic acids is 5. The van der Waals surface area contributed by atoms with Gasteiger partial charge in [0.2, 0.25) is 0 Å². The molecule has 4 aromatic rings. The van der Waals surface area contributed by atoms with Gasteiger partial charge in [0.25, 0.3) is 17.6 Å². The molecule has 0 spiro atoms. The van der Waals surface area contributed by atoms with Gasteiger partial charge in [0.1, 0.15) is 11.6 Å². The molecule has 3 aromatic carbocycles. The predicted molar refractivity (Wildman–Crippen MR) is 178 cm³/mol. The molecule has 0 saturated heterocycles. The Bertz CT molecular complexity index is 1720. The molecule has 0 unspecified atom stereocenters. The number of nitrogens with two attached hydrogens (primary N) is 1. The molecule has 1 aliphatic carbocycles. The minimum atomic E-state index is -0.536. The lowest BCUT2D eigenvalue weighted by Gasteiger charge is -2.16. The van der Waals surface area contributed by atoms with E-state index in [1.807, 2.05) is 47.4 Å². The molecule has 1 fully saturated rings. The van der Waals surface area contributed by atoms with Crippen molar-refractivity contribution in [2.45, 2.75) is 65.2 Å². The van der Waals surface area contributed by atoms with Gasteiger partial charge >= 0.3 is 0 Å². The molecule has 2 aliphatic heterocycles. The summed E-state index contributed by atoms with van der Waals surface area (Å²) >= 11 is 0. The minimum absolute atomic E-state index is 0.112. The fraction of sp³-hybridized carbons (Fsp3) is 0.333. The first-order valence-electron chi connectivity index (χ1n) is 15.6. The summed E-state index contributed by atoms with van der Waals surface area (Å²) in [5.41, 5.74) is 9.86. The number of hydrogen-bond acceptors (Lipinski definition) is 7. The summed E-state index contributed by atoms with van der Waals surface area (Å²) in [6.45, 7) is 5.89. The summed E-state index contributed by atoms with van der Waals surface area (Å²) in [5.74, 6) is -0.637. The fourth-order valence-electron chi connectivity index (χ4n) is 5.33. The van der Waals surface area contributed by atoms with E-state index < -0.39 is 11.7 Å². The summed E-state index contributed by atoms with van der Waals surface area (Å²) in [5, 5.41) is 4.43. The van der Waals surface area contributed by atoms with Crippen molar-refractivity contribution in [2.75, 3.05) is 23.3 Å². The number of carbonyl (C=O) groups is 5. The quantitative estimate of drug-likeness (QED) is 0.152. The van der Waals surface area contributed by atoms with E-state index in [1.165, 1.54) is 12.8 Å². The molecular formula is C36H40N4O5. The number of ketones is 3. The van der Waals surface area contributed by atoms with E-state index in [2.05, 4.69) is 19.2 Å². The molecule has 45 heavy (non-hydrogen) atoms. The Kier molecular flexibility index (Phi) is 11.6. The highest BCUT2D eigenvalue weighted by Crippen LogP contribution is 2.40. The van der Waals surface area contributed by atoms with Crippen molar-refractivity contribution in [2.24, 2.45) is 5.73 Å². The van der Waals surface area contributed by atoms with Crippen molar-refractivity contribution < 1.29 is 24.0 Å². The maximum absolute atomic E-state index is 12.9. The lowest BCUT2D eigenvalue weighted by molar-refractivity contribution is -0.129. The van der Waals surface area contributed by atoms with Crippen LogP contribution in [0.4, 0.5) is 11.4 Å². The van der Waals surface area contributed by atoms with Gasteiger partial charge in [-0.1, -0.05) is 63.1 Å². The maximum Gasteiger partial charge on any atom is 0.296 e. The second-order valence-corrected chi connectivity index (χ2v) is 11.1. The summed E-state index contributed by atoms with van der Waals surface area (Å²) < 4.78 is 0. The molecule has 3 heterocycles. The summed E-state index contributed by atoms with van der Waals surface area (Å²) in [6, 6.07) is 20.8. The Morgan fingerprint density at radius 1 is 0.800 bits per heavy atom. The zero-order chi connectivity index (χ0) is 32.3. The zero-order valence-electron chi connectivity index (χ0n) is 25.9. The molecule has 1 aromatic heterocycles. The van der Waals surface area contributed by atoms with Gasteiger partial charge in [-0.05, 0) is 56.1 Å². The van der Waals surface area contributed by atoms with Crippen LogP contribution >= 0.6 is 0 Å². The summed E-state index contributed by atoms with van der Waals surface area (Å²) in [7, 11) is 0. The third-order valence-corrected chi connectivity index (χ3v) is 7.66. The lowest BCUT2D eigenvalue weighted by Crippen LogP contribution is -2.27. The van der Waals surface area contributed by atoms with E-state index in [-0.39, 0.29) is 23.9 Å². The molecule has 7 rings (SSSR count). The number of rotatable bonds is 5. The van der Waals surface area contributed by atoms with Gasteiger partial charge in [-0.15, -0.1) is 0 Å². The largest absolute Gasteiger partial charge is 0.330 e. The van der Waals surface area contributed by atoms with Gasteiger partial charge in [-0.25, -0.2) is 4.98 Å². The van der Waals surface area contributed by atoms with Gasteiger partial charge in [-0.3, -0.25) is 24.0 Å². The molecule has 234 valence electrons. The zero-order valence-corrected chi connectivity index (χ0v) is 25.9. The number of aromatic nitrogens is 1. The summed E-state index contributed by atoms with van der Waals surface area (Å²) in [6.07, 6.45) is 6.68. The van der Waals surface area contributed by atoms with Crippen LogP contribution in [0.15, 0.2) is 66.7 Å². The van der Waals surface area contributed by atoms with E-state index in [4.69, 9.17) is 10.7 Å². The van der Waals surface area contributed by atoms with Crippen LogP contribution in [0.1, 0.15) is 85.9 Å². The number of anilines is 2. The Morgan fingerprint density at radius 3 is 2.09 bits per heavy atom. The number of benzene rings is 3. The smallest absolute Gasteiger partial charge is 0.296 e. The topological polar surface area (TPSA) is 140 Å². The molecule has 9 heteroatoms. The van der Waals surface area contributed by atoms with E-state index in [0.29, 0.717) is 24.1 Å². The standard InChI is InChI=1S/C18H16N2O.C8H5NO2.C6H8O2.C4H11N/c1-2-3-11-20-15-10-6-9-14-17(15)16(18(20)21)12-7-4-5-8-13(12)19-14;10-7-5-3-1-2-4-6(5)9-8(7)11;7-5-2-1-3-6(8)4-5;1-2-3-4-5/h4-10H,2-3,11H2,1H3;1-4H,(H,9,10,11);1-4H2;2-5H2,1H3. The second kappa shape index (κ2) is 15.8. The number of para-hydroxylation sites is 2. The van der Waals surface area contributed by atoms with Crippen molar-refractivity contribution in [1.29, 1.82) is 0 Å². The monoisotopic (exact) mass is 608 g/mol. The second-order valence-electron chi connectivity index (χ2n) is 11.1. The van der Waals surface area contributed by atoms with E-state index >= 15 is 0 Å². The highest BCUT2D eigenvalue weighted by molar-refractivity contribution is 6.51. The van der Waals surface area contributed by atoms with Crippen LogP contribution in [0.3, 0.4) is 0 Å². The van der Waals surface area contributed by atoms with Crippen LogP contribution < -0.4 is 16.0 Å². The van der Waals surface area contributed by atoms with Crippen LogP contribution in [0, 0.1) is 0 Å². The Morgan fingerprint density at radius 2 is 1.47 bits per heavy atom. The number of pyridine rings is 1. The van der Waals surface area contributed by atoms with Crippen LogP contribution in [0.25, 0.3) is 21.8 Å². The lowest BCUT2D eigenvalue weighted by atomic mass is 9.98. The Balaban J connectivity index is 0.000000160. The number of hydrogen-bond donors (Lipinski definition) is 2. The molecule has 3 aliphatic rings. The van der Waals surface area contributed by atoms with E-state index in [9.17, 15) is 24.0 Å². The minimum Gasteiger partial charge on any atom is -0.330 e. The van der Waals surface area contributed by atoms with Gasteiger partial charge in [0, 0.05) is 30.2 Å². The molecule has 1 saturated carbocycles. The van der Waals surface area contributed by atoms with E-state index in [1.54, 1.807) is 24.3 Å². The van der Waals surface area contributed by atoms with Crippen molar-refractivity contribution in [3.05, 3.63) is 77.9 Å². The van der Waals surface area contributed by atoms with Gasteiger partial charge in [0.05, 0.1) is 40.0 Å². The summed E-state index contributed by atoms with van der Waals surface area (Å²) in [4.78, 5) is 62.2. The third kappa shape index (κ3) is 7.85. The average Bonchev–Trinajstić information content (AvgIpc) is 3.50. The third-order valence-electron chi connectivity index (χ3n) is 7.66. The van der Waals surface area contributed by atoms with Crippen LogP contribution in [-0.2, 0) is 14.4 Å². The van der Waals surface area contributed by atoms with Gasteiger partial charge < -0.3 is 16.0 Å². The van der Waals surface area contributed by atoms with Crippen LogP contribution in [0.5, 0.6) is 0 Å². The van der Waals surface area contributed by atoms with Crippen molar-refractivity contribution in [1.82, 2.24) is 4.98 Å². The molecular weight excluding hydrogens is 568 g/mol. The highest BCUT2D eigenvalue weighted by Gasteiger charge is 2.31. The van der Waals surface area contributed by atoms with Crippen LogP contribution in [0.2, 0.25) is 0 Å². The van der Waals surface area contributed by atoms with Crippen LogP contribution in [-0.4, -0.2) is 47.2 Å². The van der Waals surface area contributed by atoms with Gasteiger partial charge in [0.15, 0.2) is 0 Å². The molecule has 0 bridgehead atoms. The fourth-order valence-corrected chi connectivity index (χ4v) is 5.33. The Labute approximate surface area is 263 Å². The van der Waals surface area contributed by atoms with Gasteiger partial charge in [-0.2, -0.15) is 0 Å². The maximum atomic E-state index is 12.9. The molecule has 2 amide bonds. The first-order chi connectivity index (χ1) is 21.8. The average molecular weight is 609 g/mol. The molecule has 0 radical (unpaired) electrons.